The van der Waals surface area contributed by atoms with Gasteiger partial charge in [0.1, 0.15) is 5.75 Å². The molecule has 102 valence electrons. The molecule has 0 radical (unpaired) electrons. The molecule has 1 N–H and O–H groups in total. The molecule has 1 rings (SSSR count). The fraction of sp³-hybridized carbons (Fsp3) is 0.643. The first-order valence-corrected chi connectivity index (χ1v) is 6.52. The molecule has 1 heterocycles. The van der Waals surface area contributed by atoms with Crippen molar-refractivity contribution in [1.29, 1.82) is 0 Å². The van der Waals surface area contributed by atoms with Crippen LogP contribution in [0.2, 0.25) is 0 Å². The molecule has 0 saturated carbocycles. The zero-order valence-electron chi connectivity index (χ0n) is 11.6. The van der Waals surface area contributed by atoms with Gasteiger partial charge >= 0.3 is 0 Å². The van der Waals surface area contributed by atoms with Crippen molar-refractivity contribution >= 4 is 0 Å². The van der Waals surface area contributed by atoms with Gasteiger partial charge in [-0.05, 0) is 44.9 Å². The largest absolute Gasteiger partial charge is 0.489 e. The van der Waals surface area contributed by atoms with Crippen LogP contribution in [-0.2, 0) is 11.2 Å². The third-order valence-electron chi connectivity index (χ3n) is 2.44. The number of aromatic nitrogens is 1. The summed E-state index contributed by atoms with van der Waals surface area (Å²) in [5.41, 5.74) is 1.22. The van der Waals surface area contributed by atoms with Crippen molar-refractivity contribution in [3.63, 3.8) is 0 Å². The number of ether oxygens (including phenoxy) is 2. The van der Waals surface area contributed by atoms with Crippen LogP contribution in [0.4, 0.5) is 0 Å². The van der Waals surface area contributed by atoms with Crippen LogP contribution in [0.5, 0.6) is 5.75 Å². The summed E-state index contributed by atoms with van der Waals surface area (Å²) in [6.07, 6.45) is 5.97. The molecule has 0 unspecified atom stereocenters. The van der Waals surface area contributed by atoms with Crippen LogP contribution in [0, 0.1) is 0 Å². The maximum absolute atomic E-state index is 5.62. The number of methoxy groups -OCH3 is 1. The van der Waals surface area contributed by atoms with Gasteiger partial charge in [-0.25, -0.2) is 0 Å². The first-order chi connectivity index (χ1) is 8.72. The van der Waals surface area contributed by atoms with E-state index < -0.39 is 0 Å². The van der Waals surface area contributed by atoms with Gasteiger partial charge in [0.05, 0.1) is 18.9 Å². The van der Waals surface area contributed by atoms with E-state index in [1.54, 1.807) is 13.3 Å². The quantitative estimate of drug-likeness (QED) is 0.683. The molecule has 0 fully saturated rings. The number of hydrogen-bond donors (Lipinski definition) is 1. The molecule has 0 atom stereocenters. The topological polar surface area (TPSA) is 43.4 Å². The fourth-order valence-electron chi connectivity index (χ4n) is 1.65. The Balaban J connectivity index is 2.25. The van der Waals surface area contributed by atoms with Gasteiger partial charge in [0.2, 0.25) is 0 Å². The van der Waals surface area contributed by atoms with E-state index in [9.17, 15) is 0 Å². The molecule has 0 saturated heterocycles. The van der Waals surface area contributed by atoms with Crippen molar-refractivity contribution in [3.8, 4) is 5.75 Å². The molecule has 0 spiro atoms. The summed E-state index contributed by atoms with van der Waals surface area (Å²) >= 11 is 0. The highest BCUT2D eigenvalue weighted by molar-refractivity contribution is 5.23. The predicted molar refractivity (Wildman–Crippen MR) is 73.1 cm³/mol. The maximum Gasteiger partial charge on any atom is 0.138 e. The predicted octanol–water partition coefficient (Wildman–Crippen LogP) is 2.04. The summed E-state index contributed by atoms with van der Waals surface area (Å²) in [5.74, 6) is 0.856. The van der Waals surface area contributed by atoms with Crippen LogP contribution in [0.3, 0.4) is 0 Å². The van der Waals surface area contributed by atoms with Crippen LogP contribution >= 0.6 is 0 Å². The van der Waals surface area contributed by atoms with E-state index in [2.05, 4.69) is 16.4 Å². The molecule has 0 aromatic carbocycles. The number of rotatable bonds is 9. The molecule has 4 nitrogen and oxygen atoms in total. The SMILES string of the molecule is COCCNCCCc1cncc(OC(C)C)c1. The highest BCUT2D eigenvalue weighted by Gasteiger charge is 2.00. The molecule has 1 aromatic heterocycles. The van der Waals surface area contributed by atoms with Crippen LogP contribution in [0.1, 0.15) is 25.8 Å². The number of pyridine rings is 1. The van der Waals surface area contributed by atoms with Crippen LogP contribution < -0.4 is 10.1 Å². The molecule has 0 bridgehead atoms. The molecular formula is C14H24N2O2. The smallest absolute Gasteiger partial charge is 0.138 e. The van der Waals surface area contributed by atoms with Gasteiger partial charge in [-0.1, -0.05) is 0 Å². The van der Waals surface area contributed by atoms with Crippen molar-refractivity contribution in [3.05, 3.63) is 24.0 Å². The summed E-state index contributed by atoms with van der Waals surface area (Å²) in [4.78, 5) is 4.20. The Morgan fingerprint density at radius 1 is 1.28 bits per heavy atom. The lowest BCUT2D eigenvalue weighted by Crippen LogP contribution is -2.20. The maximum atomic E-state index is 5.62. The van der Waals surface area contributed by atoms with E-state index >= 15 is 0 Å². The zero-order chi connectivity index (χ0) is 13.2. The Bertz CT molecular complexity index is 329. The molecule has 0 amide bonds. The Morgan fingerprint density at radius 3 is 2.83 bits per heavy atom. The van der Waals surface area contributed by atoms with E-state index in [4.69, 9.17) is 9.47 Å². The first kappa shape index (κ1) is 14.9. The Hall–Kier alpha value is -1.13. The minimum atomic E-state index is 0.192. The molecule has 18 heavy (non-hydrogen) atoms. The lowest BCUT2D eigenvalue weighted by molar-refractivity contribution is 0.199. The molecular weight excluding hydrogens is 228 g/mol. The minimum Gasteiger partial charge on any atom is -0.489 e. The van der Waals surface area contributed by atoms with Crippen molar-refractivity contribution in [2.45, 2.75) is 32.8 Å². The molecule has 0 aliphatic carbocycles. The van der Waals surface area contributed by atoms with Crippen LogP contribution in [-0.4, -0.2) is 37.9 Å². The molecule has 4 heteroatoms. The summed E-state index contributed by atoms with van der Waals surface area (Å²) in [5, 5.41) is 3.33. The van der Waals surface area contributed by atoms with E-state index in [1.807, 2.05) is 20.0 Å². The Morgan fingerprint density at radius 2 is 2.11 bits per heavy atom. The van der Waals surface area contributed by atoms with Gasteiger partial charge in [0, 0.05) is 19.9 Å². The zero-order valence-corrected chi connectivity index (χ0v) is 11.6. The molecule has 1 aromatic rings. The first-order valence-electron chi connectivity index (χ1n) is 6.52. The van der Waals surface area contributed by atoms with Crippen LogP contribution in [0.25, 0.3) is 0 Å². The lowest BCUT2D eigenvalue weighted by Gasteiger charge is -2.10. The minimum absolute atomic E-state index is 0.192. The average molecular weight is 252 g/mol. The van der Waals surface area contributed by atoms with Crippen LogP contribution in [0.15, 0.2) is 18.5 Å². The van der Waals surface area contributed by atoms with Gasteiger partial charge in [-0.2, -0.15) is 0 Å². The third kappa shape index (κ3) is 6.57. The summed E-state index contributed by atoms with van der Waals surface area (Å²) in [7, 11) is 1.72. The van der Waals surface area contributed by atoms with Gasteiger partial charge < -0.3 is 14.8 Å². The second-order valence-corrected chi connectivity index (χ2v) is 4.54. The summed E-state index contributed by atoms with van der Waals surface area (Å²) < 4.78 is 10.6. The fourth-order valence-corrected chi connectivity index (χ4v) is 1.65. The second kappa shape index (κ2) is 8.89. The van der Waals surface area contributed by atoms with Gasteiger partial charge in [0.25, 0.3) is 0 Å². The Kier molecular flexibility index (Phi) is 7.37. The Labute approximate surface area is 110 Å². The van der Waals surface area contributed by atoms with E-state index in [1.165, 1.54) is 5.56 Å². The number of aryl methyl sites for hydroxylation is 1. The highest BCUT2D eigenvalue weighted by Crippen LogP contribution is 2.13. The van der Waals surface area contributed by atoms with E-state index in [0.717, 1.165) is 38.3 Å². The normalized spacial score (nSPS) is 10.9. The number of nitrogens with zero attached hydrogens (tertiary/aromatic N) is 1. The van der Waals surface area contributed by atoms with Crippen molar-refractivity contribution < 1.29 is 9.47 Å². The summed E-state index contributed by atoms with van der Waals surface area (Å²) in [6.45, 7) is 6.71. The van der Waals surface area contributed by atoms with Gasteiger partial charge in [-0.3, -0.25) is 4.98 Å². The third-order valence-corrected chi connectivity index (χ3v) is 2.44. The monoisotopic (exact) mass is 252 g/mol. The summed E-state index contributed by atoms with van der Waals surface area (Å²) in [6, 6.07) is 2.07. The van der Waals surface area contributed by atoms with Crippen molar-refractivity contribution in [2.24, 2.45) is 0 Å². The van der Waals surface area contributed by atoms with Gasteiger partial charge in [-0.15, -0.1) is 0 Å². The second-order valence-electron chi connectivity index (χ2n) is 4.54. The molecule has 0 aliphatic heterocycles. The molecule has 0 aliphatic rings. The van der Waals surface area contributed by atoms with Crippen molar-refractivity contribution in [2.75, 3.05) is 26.8 Å². The van der Waals surface area contributed by atoms with E-state index in [-0.39, 0.29) is 6.10 Å². The lowest BCUT2D eigenvalue weighted by atomic mass is 10.1. The van der Waals surface area contributed by atoms with E-state index in [0.29, 0.717) is 0 Å². The number of nitrogens with one attached hydrogen (secondary N) is 1. The van der Waals surface area contributed by atoms with Gasteiger partial charge in [0.15, 0.2) is 0 Å². The average Bonchev–Trinajstić information content (AvgIpc) is 2.33. The highest BCUT2D eigenvalue weighted by atomic mass is 16.5. The number of hydrogen-bond acceptors (Lipinski definition) is 4. The van der Waals surface area contributed by atoms with Crippen molar-refractivity contribution in [1.82, 2.24) is 10.3 Å². The standard InChI is InChI=1S/C14H24N2O2/c1-12(2)18-14-9-13(10-16-11-14)5-4-6-15-7-8-17-3/h9-12,15H,4-8H2,1-3H3.